The number of carbonyl (C=O) groups excluding carboxylic acids is 1. The third-order valence-electron chi connectivity index (χ3n) is 3.70. The van der Waals surface area contributed by atoms with E-state index in [2.05, 4.69) is 12.1 Å². The number of hydrogen-bond donors (Lipinski definition) is 0. The summed E-state index contributed by atoms with van der Waals surface area (Å²) < 4.78 is 5.74. The van der Waals surface area contributed by atoms with Gasteiger partial charge in [-0.25, -0.2) is 0 Å². The van der Waals surface area contributed by atoms with Crippen molar-refractivity contribution in [3.63, 3.8) is 0 Å². The number of aryl methyl sites for hydroxylation is 1. The number of benzene rings is 2. The molecule has 0 heterocycles. The lowest BCUT2D eigenvalue weighted by Crippen LogP contribution is -2.02. The summed E-state index contributed by atoms with van der Waals surface area (Å²) in [7, 11) is 0. The first kappa shape index (κ1) is 13.9. The van der Waals surface area contributed by atoms with Crippen LogP contribution >= 0.6 is 0 Å². The van der Waals surface area contributed by atoms with Crippen LogP contribution in [-0.4, -0.2) is 11.9 Å². The van der Waals surface area contributed by atoms with Gasteiger partial charge >= 0.3 is 0 Å². The standard InChI is InChI=1S/C19H20O2/c20-19(11-4-8-15-6-2-1-3-7-15)16-9-5-10-18(14-16)21-17-12-13-17/h1-3,5-7,9-10,14,17H,4,8,11-13H2. The second kappa shape index (κ2) is 6.57. The number of rotatable bonds is 7. The van der Waals surface area contributed by atoms with E-state index in [4.69, 9.17) is 4.74 Å². The Morgan fingerprint density at radius 2 is 1.86 bits per heavy atom. The first-order chi connectivity index (χ1) is 10.3. The van der Waals surface area contributed by atoms with Gasteiger partial charge in [0.05, 0.1) is 6.10 Å². The molecule has 0 aromatic heterocycles. The highest BCUT2D eigenvalue weighted by molar-refractivity contribution is 5.96. The van der Waals surface area contributed by atoms with Gasteiger partial charge < -0.3 is 4.74 Å². The van der Waals surface area contributed by atoms with Crippen LogP contribution in [0.4, 0.5) is 0 Å². The van der Waals surface area contributed by atoms with E-state index in [1.54, 1.807) is 0 Å². The zero-order valence-electron chi connectivity index (χ0n) is 12.1. The molecule has 21 heavy (non-hydrogen) atoms. The summed E-state index contributed by atoms with van der Waals surface area (Å²) in [4.78, 5) is 12.2. The Labute approximate surface area is 125 Å². The molecule has 0 atom stereocenters. The fraction of sp³-hybridized carbons (Fsp3) is 0.316. The number of Topliss-reactive ketones (excluding diaryl/α,β-unsaturated/α-hetero) is 1. The minimum absolute atomic E-state index is 0.201. The second-order valence-electron chi connectivity index (χ2n) is 5.61. The lowest BCUT2D eigenvalue weighted by atomic mass is 10.0. The van der Waals surface area contributed by atoms with Gasteiger partial charge in [0.1, 0.15) is 5.75 Å². The predicted molar refractivity (Wildman–Crippen MR) is 83.8 cm³/mol. The maximum absolute atomic E-state index is 12.2. The van der Waals surface area contributed by atoms with Gasteiger partial charge in [-0.15, -0.1) is 0 Å². The minimum atomic E-state index is 0.201. The average molecular weight is 280 g/mol. The molecule has 0 unspecified atom stereocenters. The topological polar surface area (TPSA) is 26.3 Å². The molecule has 1 aliphatic rings. The molecule has 2 heteroatoms. The molecule has 108 valence electrons. The molecular formula is C19H20O2. The van der Waals surface area contributed by atoms with Gasteiger partial charge in [-0.05, 0) is 43.4 Å². The smallest absolute Gasteiger partial charge is 0.163 e. The van der Waals surface area contributed by atoms with Crippen LogP contribution in [0.2, 0.25) is 0 Å². The van der Waals surface area contributed by atoms with Crippen molar-refractivity contribution in [1.82, 2.24) is 0 Å². The summed E-state index contributed by atoms with van der Waals surface area (Å²) in [5.74, 6) is 1.03. The summed E-state index contributed by atoms with van der Waals surface area (Å²) in [6.07, 6.45) is 5.06. The lowest BCUT2D eigenvalue weighted by Gasteiger charge is -2.06. The van der Waals surface area contributed by atoms with E-state index in [0.717, 1.165) is 37.0 Å². The molecule has 3 rings (SSSR count). The van der Waals surface area contributed by atoms with Crippen LogP contribution in [0.25, 0.3) is 0 Å². The van der Waals surface area contributed by atoms with Gasteiger partial charge in [-0.3, -0.25) is 4.79 Å². The summed E-state index contributed by atoms with van der Waals surface area (Å²) in [6, 6.07) is 17.9. The molecule has 1 saturated carbocycles. The van der Waals surface area contributed by atoms with E-state index in [9.17, 15) is 4.79 Å². The Kier molecular flexibility index (Phi) is 4.34. The average Bonchev–Trinajstić information content (AvgIpc) is 3.32. The first-order valence-corrected chi connectivity index (χ1v) is 7.65. The minimum Gasteiger partial charge on any atom is -0.490 e. The van der Waals surface area contributed by atoms with Gasteiger partial charge in [0.2, 0.25) is 0 Å². The maximum atomic E-state index is 12.2. The molecule has 0 spiro atoms. The molecule has 2 nitrogen and oxygen atoms in total. The van der Waals surface area contributed by atoms with Crippen molar-refractivity contribution in [3.8, 4) is 5.75 Å². The largest absolute Gasteiger partial charge is 0.490 e. The second-order valence-corrected chi connectivity index (χ2v) is 5.61. The fourth-order valence-corrected chi connectivity index (χ4v) is 2.36. The molecule has 0 amide bonds. The first-order valence-electron chi connectivity index (χ1n) is 7.65. The summed E-state index contributed by atoms with van der Waals surface area (Å²) in [5.41, 5.74) is 2.05. The van der Waals surface area contributed by atoms with Crippen LogP contribution in [-0.2, 0) is 6.42 Å². The van der Waals surface area contributed by atoms with Crippen molar-refractivity contribution >= 4 is 5.78 Å². The Morgan fingerprint density at radius 3 is 2.62 bits per heavy atom. The Morgan fingerprint density at radius 1 is 1.05 bits per heavy atom. The number of hydrogen-bond acceptors (Lipinski definition) is 2. The molecule has 0 N–H and O–H groups in total. The molecule has 0 bridgehead atoms. The molecule has 1 aliphatic carbocycles. The van der Waals surface area contributed by atoms with Crippen LogP contribution in [0.5, 0.6) is 5.75 Å². The van der Waals surface area contributed by atoms with Crippen molar-refractivity contribution < 1.29 is 9.53 Å². The Hall–Kier alpha value is -2.09. The number of carbonyl (C=O) groups is 1. The summed E-state index contributed by atoms with van der Waals surface area (Å²) >= 11 is 0. The molecule has 0 radical (unpaired) electrons. The summed E-state index contributed by atoms with van der Waals surface area (Å²) in [5, 5.41) is 0. The number of ketones is 1. The molecule has 0 saturated heterocycles. The van der Waals surface area contributed by atoms with E-state index in [0.29, 0.717) is 12.5 Å². The third-order valence-corrected chi connectivity index (χ3v) is 3.70. The van der Waals surface area contributed by atoms with Gasteiger partial charge in [0.25, 0.3) is 0 Å². The van der Waals surface area contributed by atoms with Crippen LogP contribution in [0.3, 0.4) is 0 Å². The van der Waals surface area contributed by atoms with Crippen molar-refractivity contribution in [1.29, 1.82) is 0 Å². The zero-order chi connectivity index (χ0) is 14.5. The van der Waals surface area contributed by atoms with Crippen molar-refractivity contribution in [3.05, 3.63) is 65.7 Å². The molecular weight excluding hydrogens is 260 g/mol. The van der Waals surface area contributed by atoms with E-state index in [1.807, 2.05) is 42.5 Å². The predicted octanol–water partition coefficient (Wildman–Crippen LogP) is 4.43. The Balaban J connectivity index is 1.52. The van der Waals surface area contributed by atoms with E-state index in [1.165, 1.54) is 5.56 Å². The maximum Gasteiger partial charge on any atom is 0.163 e. The highest BCUT2D eigenvalue weighted by Crippen LogP contribution is 2.27. The van der Waals surface area contributed by atoms with Crippen LogP contribution in [0, 0.1) is 0 Å². The monoisotopic (exact) mass is 280 g/mol. The number of ether oxygens (including phenoxy) is 1. The van der Waals surface area contributed by atoms with E-state index in [-0.39, 0.29) is 5.78 Å². The Bertz CT molecular complexity index is 600. The van der Waals surface area contributed by atoms with Crippen LogP contribution in [0.1, 0.15) is 41.6 Å². The lowest BCUT2D eigenvalue weighted by molar-refractivity contribution is 0.0979. The fourth-order valence-electron chi connectivity index (χ4n) is 2.36. The third kappa shape index (κ3) is 4.19. The van der Waals surface area contributed by atoms with Crippen molar-refractivity contribution in [2.75, 3.05) is 0 Å². The highest BCUT2D eigenvalue weighted by atomic mass is 16.5. The van der Waals surface area contributed by atoms with Gasteiger partial charge in [-0.2, -0.15) is 0 Å². The molecule has 0 aliphatic heterocycles. The van der Waals surface area contributed by atoms with Gasteiger partial charge in [0, 0.05) is 12.0 Å². The zero-order valence-corrected chi connectivity index (χ0v) is 12.1. The quantitative estimate of drug-likeness (QED) is 0.701. The van der Waals surface area contributed by atoms with Crippen LogP contribution in [0.15, 0.2) is 54.6 Å². The van der Waals surface area contributed by atoms with Crippen LogP contribution < -0.4 is 4.74 Å². The van der Waals surface area contributed by atoms with Crippen molar-refractivity contribution in [2.45, 2.75) is 38.2 Å². The molecule has 2 aromatic carbocycles. The van der Waals surface area contributed by atoms with Gasteiger partial charge in [-0.1, -0.05) is 42.5 Å². The SMILES string of the molecule is O=C(CCCc1ccccc1)c1cccc(OC2CC2)c1. The van der Waals surface area contributed by atoms with Crippen molar-refractivity contribution in [2.24, 2.45) is 0 Å². The van der Waals surface area contributed by atoms with Gasteiger partial charge in [0.15, 0.2) is 5.78 Å². The summed E-state index contributed by atoms with van der Waals surface area (Å²) in [6.45, 7) is 0. The van der Waals surface area contributed by atoms with E-state index < -0.39 is 0 Å². The molecule has 1 fully saturated rings. The normalized spacial score (nSPS) is 13.9. The molecule has 2 aromatic rings. The van der Waals surface area contributed by atoms with E-state index >= 15 is 0 Å². The highest BCUT2D eigenvalue weighted by Gasteiger charge is 2.23.